The molecular weight excluding hydrogens is 302 g/mol. The average Bonchev–Trinajstić information content (AvgIpc) is 2.35. The number of hydrogen-bond acceptors (Lipinski definition) is 2. The van der Waals surface area contributed by atoms with Gasteiger partial charge >= 0.3 is 0 Å². The zero-order chi connectivity index (χ0) is 12.8. The van der Waals surface area contributed by atoms with Crippen molar-refractivity contribution >= 4 is 17.0 Å². The molecule has 2 aliphatic carbocycles. The van der Waals surface area contributed by atoms with Crippen LogP contribution >= 0.6 is 17.0 Å². The van der Waals surface area contributed by atoms with Gasteiger partial charge in [-0.1, -0.05) is 32.3 Å². The molecule has 0 saturated heterocycles. The summed E-state index contributed by atoms with van der Waals surface area (Å²) >= 11 is 0. The van der Waals surface area contributed by atoms with Crippen molar-refractivity contribution in [2.75, 3.05) is 0 Å². The van der Waals surface area contributed by atoms with Gasteiger partial charge < -0.3 is 10.8 Å². The van der Waals surface area contributed by atoms with Crippen LogP contribution in [0.2, 0.25) is 0 Å². The molecule has 2 nitrogen and oxygen atoms in total. The third-order valence-electron chi connectivity index (χ3n) is 5.21. The van der Waals surface area contributed by atoms with Crippen LogP contribution in [-0.4, -0.2) is 11.1 Å². The Morgan fingerprint density at radius 3 is 2.84 bits per heavy atom. The van der Waals surface area contributed by atoms with Crippen molar-refractivity contribution in [3.8, 4) is 5.75 Å². The van der Waals surface area contributed by atoms with Crippen LogP contribution < -0.4 is 5.73 Å². The highest BCUT2D eigenvalue weighted by molar-refractivity contribution is 8.93. The Labute approximate surface area is 126 Å². The molecule has 0 aliphatic heterocycles. The van der Waals surface area contributed by atoms with Gasteiger partial charge in [0.25, 0.3) is 0 Å². The molecule has 1 saturated carbocycles. The predicted molar refractivity (Wildman–Crippen MR) is 84.0 cm³/mol. The number of aromatic hydroxyl groups is 1. The number of nitrogens with two attached hydrogens (primary N) is 1. The average molecular weight is 326 g/mol. The molecule has 1 aromatic rings. The molecule has 106 valence electrons. The highest BCUT2D eigenvalue weighted by atomic mass is 79.9. The summed E-state index contributed by atoms with van der Waals surface area (Å²) in [7, 11) is 0. The molecule has 0 aromatic heterocycles. The highest BCUT2D eigenvalue weighted by Crippen LogP contribution is 2.46. The first-order valence-corrected chi connectivity index (χ1v) is 7.19. The normalized spacial score (nSPS) is 33.6. The largest absolute Gasteiger partial charge is 0.508 e. The lowest BCUT2D eigenvalue weighted by molar-refractivity contribution is 0.201. The number of phenols is 1. The van der Waals surface area contributed by atoms with E-state index in [1.165, 1.54) is 36.8 Å². The van der Waals surface area contributed by atoms with E-state index in [0.29, 0.717) is 11.7 Å². The van der Waals surface area contributed by atoms with Crippen LogP contribution in [-0.2, 0) is 11.8 Å². The summed E-state index contributed by atoms with van der Waals surface area (Å²) in [6, 6.07) is 6.11. The van der Waals surface area contributed by atoms with Crippen LogP contribution in [0.25, 0.3) is 0 Å². The number of halogens is 1. The van der Waals surface area contributed by atoms with Gasteiger partial charge in [0.1, 0.15) is 5.75 Å². The summed E-state index contributed by atoms with van der Waals surface area (Å²) < 4.78 is 0. The minimum atomic E-state index is 0. The van der Waals surface area contributed by atoms with Gasteiger partial charge in [-0.2, -0.15) is 0 Å². The first-order valence-electron chi connectivity index (χ1n) is 7.19. The second-order valence-corrected chi connectivity index (χ2v) is 6.35. The van der Waals surface area contributed by atoms with Crippen molar-refractivity contribution in [2.45, 2.75) is 56.9 Å². The van der Waals surface area contributed by atoms with E-state index in [1.807, 2.05) is 12.1 Å². The van der Waals surface area contributed by atoms with Crippen molar-refractivity contribution in [1.29, 1.82) is 0 Å². The maximum absolute atomic E-state index is 9.77. The molecule has 0 amide bonds. The number of benzene rings is 1. The maximum atomic E-state index is 9.77. The Morgan fingerprint density at radius 2 is 2.05 bits per heavy atom. The van der Waals surface area contributed by atoms with Crippen molar-refractivity contribution < 1.29 is 5.11 Å². The lowest BCUT2D eigenvalue weighted by Crippen LogP contribution is -2.52. The van der Waals surface area contributed by atoms with Crippen molar-refractivity contribution in [3.63, 3.8) is 0 Å². The molecule has 3 N–H and O–H groups in total. The van der Waals surface area contributed by atoms with Gasteiger partial charge in [-0.15, -0.1) is 17.0 Å². The summed E-state index contributed by atoms with van der Waals surface area (Å²) in [6.45, 7) is 2.30. The third kappa shape index (κ3) is 2.43. The van der Waals surface area contributed by atoms with Crippen LogP contribution in [0.4, 0.5) is 0 Å². The van der Waals surface area contributed by atoms with E-state index in [-0.39, 0.29) is 28.4 Å². The van der Waals surface area contributed by atoms with E-state index in [0.717, 1.165) is 12.8 Å². The Kier molecular flexibility index (Phi) is 4.26. The van der Waals surface area contributed by atoms with Gasteiger partial charge in [0, 0.05) is 11.5 Å². The third-order valence-corrected chi connectivity index (χ3v) is 5.21. The number of rotatable bonds is 0. The van der Waals surface area contributed by atoms with Gasteiger partial charge in [-0.05, 0) is 48.4 Å². The molecule has 1 aromatic carbocycles. The van der Waals surface area contributed by atoms with E-state index in [1.54, 1.807) is 0 Å². The summed E-state index contributed by atoms with van der Waals surface area (Å²) in [5, 5.41) is 9.77. The van der Waals surface area contributed by atoms with Crippen LogP contribution in [0.5, 0.6) is 5.75 Å². The molecule has 0 spiro atoms. The molecule has 3 atom stereocenters. The number of fused-ring (bicyclic) bond motifs is 4. The zero-order valence-electron chi connectivity index (χ0n) is 11.6. The molecule has 19 heavy (non-hydrogen) atoms. The topological polar surface area (TPSA) is 46.2 Å². The summed E-state index contributed by atoms with van der Waals surface area (Å²) in [4.78, 5) is 0. The fraction of sp³-hybridized carbons (Fsp3) is 0.625. The molecule has 0 heterocycles. The fourth-order valence-corrected chi connectivity index (χ4v) is 4.04. The Balaban J connectivity index is 0.00000133. The van der Waals surface area contributed by atoms with Crippen molar-refractivity contribution in [3.05, 3.63) is 29.3 Å². The standard InChI is InChI=1S/C16H23NO.BrH/c1-16-8-4-2-3-5-12(15(16)17)9-11-6-7-13(18)10-14(11)16;/h6-7,10,12,15,18H,2-5,8-9,17H2,1H3;1H/t12-,15+,16+;/m1./s1. The molecule has 3 rings (SSSR count). The first kappa shape index (κ1) is 14.9. The van der Waals surface area contributed by atoms with Gasteiger partial charge in [-0.3, -0.25) is 0 Å². The van der Waals surface area contributed by atoms with E-state index in [2.05, 4.69) is 13.0 Å². The molecule has 0 unspecified atom stereocenters. The lowest BCUT2D eigenvalue weighted by Gasteiger charge is -2.47. The van der Waals surface area contributed by atoms with Gasteiger partial charge in [0.15, 0.2) is 0 Å². The molecule has 2 aliphatic rings. The Hall–Kier alpha value is -0.540. The number of phenolic OH excluding ortho intramolecular Hbond substituents is 1. The van der Waals surface area contributed by atoms with Gasteiger partial charge in [0.2, 0.25) is 0 Å². The smallest absolute Gasteiger partial charge is 0.115 e. The lowest BCUT2D eigenvalue weighted by atomic mass is 9.60. The second-order valence-electron chi connectivity index (χ2n) is 6.35. The Morgan fingerprint density at radius 1 is 1.26 bits per heavy atom. The van der Waals surface area contributed by atoms with Gasteiger partial charge in [0.05, 0.1) is 0 Å². The van der Waals surface area contributed by atoms with E-state index in [9.17, 15) is 5.11 Å². The van der Waals surface area contributed by atoms with E-state index < -0.39 is 0 Å². The minimum Gasteiger partial charge on any atom is -0.508 e. The molecule has 2 bridgehead atoms. The summed E-state index contributed by atoms with van der Waals surface area (Å²) in [6.07, 6.45) is 7.41. The van der Waals surface area contributed by atoms with Crippen LogP contribution in [0.1, 0.15) is 50.2 Å². The van der Waals surface area contributed by atoms with E-state index in [4.69, 9.17) is 5.73 Å². The summed E-state index contributed by atoms with van der Waals surface area (Å²) in [5.41, 5.74) is 9.33. The van der Waals surface area contributed by atoms with Crippen LogP contribution in [0.3, 0.4) is 0 Å². The Bertz CT molecular complexity index is 462. The highest BCUT2D eigenvalue weighted by Gasteiger charge is 2.43. The van der Waals surface area contributed by atoms with Crippen molar-refractivity contribution in [1.82, 2.24) is 0 Å². The van der Waals surface area contributed by atoms with E-state index >= 15 is 0 Å². The fourth-order valence-electron chi connectivity index (χ4n) is 4.04. The molecular formula is C16H24BrNO. The van der Waals surface area contributed by atoms with Crippen LogP contribution in [0, 0.1) is 5.92 Å². The second kappa shape index (κ2) is 5.45. The SMILES string of the molecule is Br.C[C@]12CCCCC[C@H](Cc3ccc(O)cc31)[C@@H]2N. The first-order chi connectivity index (χ1) is 8.61. The monoisotopic (exact) mass is 325 g/mol. The minimum absolute atomic E-state index is 0. The molecule has 3 heteroatoms. The van der Waals surface area contributed by atoms with Crippen molar-refractivity contribution in [2.24, 2.45) is 11.7 Å². The van der Waals surface area contributed by atoms with Crippen LogP contribution in [0.15, 0.2) is 18.2 Å². The molecule has 0 radical (unpaired) electrons. The summed E-state index contributed by atoms with van der Waals surface area (Å²) in [5.74, 6) is 0.995. The zero-order valence-corrected chi connectivity index (χ0v) is 13.3. The molecule has 1 fully saturated rings. The van der Waals surface area contributed by atoms with Gasteiger partial charge in [-0.25, -0.2) is 0 Å². The quantitative estimate of drug-likeness (QED) is 0.764. The number of hydrogen-bond donors (Lipinski definition) is 2. The maximum Gasteiger partial charge on any atom is 0.115 e. The predicted octanol–water partition coefficient (Wildman–Crippen LogP) is 3.69.